The minimum Gasteiger partial charge on any atom is -0.481 e. The number of aryl methyl sites for hydroxylation is 2. The Kier molecular flexibility index (Phi) is 4.18. The van der Waals surface area contributed by atoms with Gasteiger partial charge in [0.25, 0.3) is 5.91 Å². The third kappa shape index (κ3) is 3.20. The number of aliphatic carboxylic acids is 1. The molecule has 1 aliphatic carbocycles. The van der Waals surface area contributed by atoms with Crippen molar-refractivity contribution in [3.05, 3.63) is 21.4 Å². The molecule has 1 heterocycles. The number of rotatable bonds is 4. The molecule has 0 saturated carbocycles. The maximum absolute atomic E-state index is 12.7. The van der Waals surface area contributed by atoms with Crippen LogP contribution in [0.5, 0.6) is 0 Å². The summed E-state index contributed by atoms with van der Waals surface area (Å²) in [4.78, 5) is 27.2. The first-order chi connectivity index (χ1) is 9.29. The van der Waals surface area contributed by atoms with Gasteiger partial charge in [-0.1, -0.05) is 0 Å². The fourth-order valence-corrected chi connectivity index (χ4v) is 3.72. The highest BCUT2D eigenvalue weighted by atomic mass is 32.1. The summed E-state index contributed by atoms with van der Waals surface area (Å²) in [6, 6.07) is 1.99. The second kappa shape index (κ2) is 5.56. The van der Waals surface area contributed by atoms with Crippen molar-refractivity contribution in [2.75, 3.05) is 6.54 Å². The van der Waals surface area contributed by atoms with Crippen LogP contribution in [-0.2, 0) is 17.6 Å². The molecule has 2 rings (SSSR count). The number of carbonyl (C=O) groups excluding carboxylic acids is 1. The molecule has 1 aliphatic rings. The molecule has 0 radical (unpaired) electrons. The molecule has 0 aliphatic heterocycles. The second-order valence-corrected chi connectivity index (χ2v) is 7.32. The number of carboxylic acid groups (broad SMARTS) is 1. The molecule has 1 N–H and O–H groups in total. The molecule has 0 atom stereocenters. The fraction of sp³-hybridized carbons (Fsp3) is 0.600. The van der Waals surface area contributed by atoms with Crippen molar-refractivity contribution in [3.8, 4) is 0 Å². The Morgan fingerprint density at radius 3 is 2.60 bits per heavy atom. The van der Waals surface area contributed by atoms with Crippen LogP contribution in [0.4, 0.5) is 0 Å². The average Bonchev–Trinajstić information content (AvgIpc) is 2.85. The number of amides is 1. The molecular weight excluding hydrogens is 274 g/mol. The smallest absolute Gasteiger partial charge is 0.305 e. The molecule has 110 valence electrons. The zero-order valence-electron chi connectivity index (χ0n) is 12.2. The number of carbonyl (C=O) groups is 2. The fourth-order valence-electron chi connectivity index (χ4n) is 2.52. The highest BCUT2D eigenvalue weighted by Crippen LogP contribution is 2.32. The lowest BCUT2D eigenvalue weighted by molar-refractivity contribution is -0.137. The van der Waals surface area contributed by atoms with Gasteiger partial charge in [0.15, 0.2) is 0 Å². The lowest BCUT2D eigenvalue weighted by Gasteiger charge is -2.35. The van der Waals surface area contributed by atoms with Gasteiger partial charge in [-0.15, -0.1) is 11.3 Å². The predicted molar refractivity (Wildman–Crippen MR) is 79.4 cm³/mol. The quantitative estimate of drug-likeness (QED) is 0.929. The van der Waals surface area contributed by atoms with Crippen LogP contribution in [0.15, 0.2) is 6.07 Å². The lowest BCUT2D eigenvalue weighted by Crippen LogP contribution is -2.46. The second-order valence-electron chi connectivity index (χ2n) is 6.18. The van der Waals surface area contributed by atoms with Crippen LogP contribution < -0.4 is 0 Å². The van der Waals surface area contributed by atoms with E-state index in [9.17, 15) is 9.59 Å². The SMILES string of the molecule is CC(C)(C)N(CCC(=O)O)C(=O)c1cc2c(s1)CCC2. The highest BCUT2D eigenvalue weighted by molar-refractivity contribution is 7.14. The van der Waals surface area contributed by atoms with Crippen LogP contribution in [0, 0.1) is 0 Å². The predicted octanol–water partition coefficient (Wildman–Crippen LogP) is 2.95. The van der Waals surface area contributed by atoms with Gasteiger partial charge in [-0.25, -0.2) is 0 Å². The molecule has 0 spiro atoms. The molecule has 4 nitrogen and oxygen atoms in total. The number of hydrogen-bond donors (Lipinski definition) is 1. The van der Waals surface area contributed by atoms with E-state index in [1.54, 1.807) is 16.2 Å². The maximum atomic E-state index is 12.7. The molecule has 1 aromatic heterocycles. The van der Waals surface area contributed by atoms with Gasteiger partial charge in [-0.2, -0.15) is 0 Å². The first kappa shape index (κ1) is 15.0. The topological polar surface area (TPSA) is 57.6 Å². The number of thiophene rings is 1. The van der Waals surface area contributed by atoms with E-state index < -0.39 is 5.97 Å². The van der Waals surface area contributed by atoms with Gasteiger partial charge in [0, 0.05) is 17.0 Å². The van der Waals surface area contributed by atoms with E-state index in [0.29, 0.717) is 0 Å². The molecule has 5 heteroatoms. The first-order valence-corrected chi connectivity index (χ1v) is 7.76. The molecular formula is C15H21NO3S. The Morgan fingerprint density at radius 1 is 1.35 bits per heavy atom. The summed E-state index contributed by atoms with van der Waals surface area (Å²) in [5.41, 5.74) is 0.923. The van der Waals surface area contributed by atoms with E-state index in [2.05, 4.69) is 0 Å². The largest absolute Gasteiger partial charge is 0.481 e. The zero-order valence-corrected chi connectivity index (χ0v) is 13.0. The number of nitrogens with zero attached hydrogens (tertiary/aromatic N) is 1. The molecule has 0 unspecified atom stereocenters. The minimum atomic E-state index is -0.874. The first-order valence-electron chi connectivity index (χ1n) is 6.94. The molecule has 0 fully saturated rings. The van der Waals surface area contributed by atoms with Gasteiger partial charge < -0.3 is 10.0 Å². The van der Waals surface area contributed by atoms with E-state index in [1.807, 2.05) is 26.8 Å². The van der Waals surface area contributed by atoms with Crippen LogP contribution in [0.3, 0.4) is 0 Å². The van der Waals surface area contributed by atoms with Gasteiger partial charge in [-0.3, -0.25) is 9.59 Å². The van der Waals surface area contributed by atoms with Crippen molar-refractivity contribution >= 4 is 23.2 Å². The molecule has 1 amide bonds. The Balaban J connectivity index is 2.18. The van der Waals surface area contributed by atoms with Gasteiger partial charge >= 0.3 is 5.97 Å². The van der Waals surface area contributed by atoms with Crippen molar-refractivity contribution in [2.45, 2.75) is 52.0 Å². The number of carboxylic acids is 1. The third-order valence-electron chi connectivity index (χ3n) is 3.56. The van der Waals surface area contributed by atoms with E-state index in [-0.39, 0.29) is 24.4 Å². The van der Waals surface area contributed by atoms with Gasteiger partial charge in [0.05, 0.1) is 11.3 Å². The summed E-state index contributed by atoms with van der Waals surface area (Å²) in [5, 5.41) is 8.84. The normalized spacial score (nSPS) is 14.2. The van der Waals surface area contributed by atoms with Gasteiger partial charge in [-0.05, 0) is 51.7 Å². The van der Waals surface area contributed by atoms with Crippen LogP contribution in [0.2, 0.25) is 0 Å². The van der Waals surface area contributed by atoms with Crippen molar-refractivity contribution in [1.82, 2.24) is 4.90 Å². The van der Waals surface area contributed by atoms with Gasteiger partial charge in [0.2, 0.25) is 0 Å². The number of hydrogen-bond acceptors (Lipinski definition) is 3. The molecule has 20 heavy (non-hydrogen) atoms. The maximum Gasteiger partial charge on any atom is 0.305 e. The van der Waals surface area contributed by atoms with Crippen molar-refractivity contribution in [1.29, 1.82) is 0 Å². The third-order valence-corrected chi connectivity index (χ3v) is 4.79. The summed E-state index contributed by atoms with van der Waals surface area (Å²) < 4.78 is 0. The standard InChI is InChI=1S/C15H21NO3S/c1-15(2,3)16(8-7-13(17)18)14(19)12-9-10-5-4-6-11(10)20-12/h9H,4-8H2,1-3H3,(H,17,18). The van der Waals surface area contributed by atoms with Crippen molar-refractivity contribution in [2.24, 2.45) is 0 Å². The van der Waals surface area contributed by atoms with E-state index >= 15 is 0 Å². The van der Waals surface area contributed by atoms with E-state index in [0.717, 1.165) is 17.7 Å². The van der Waals surface area contributed by atoms with Crippen molar-refractivity contribution in [3.63, 3.8) is 0 Å². The van der Waals surface area contributed by atoms with E-state index in [4.69, 9.17) is 5.11 Å². The number of fused-ring (bicyclic) bond motifs is 1. The monoisotopic (exact) mass is 295 g/mol. The van der Waals surface area contributed by atoms with Crippen LogP contribution in [0.1, 0.15) is 53.7 Å². The Morgan fingerprint density at radius 2 is 2.05 bits per heavy atom. The lowest BCUT2D eigenvalue weighted by atomic mass is 10.0. The van der Waals surface area contributed by atoms with Crippen LogP contribution in [-0.4, -0.2) is 34.0 Å². The van der Waals surface area contributed by atoms with Crippen LogP contribution >= 0.6 is 11.3 Å². The summed E-state index contributed by atoms with van der Waals surface area (Å²) in [6.07, 6.45) is 3.29. The Bertz CT molecular complexity index is 506. The zero-order chi connectivity index (χ0) is 14.9. The Labute approximate surface area is 123 Å². The summed E-state index contributed by atoms with van der Waals surface area (Å²) in [5.74, 6) is -0.918. The van der Waals surface area contributed by atoms with E-state index in [1.165, 1.54) is 16.9 Å². The molecule has 0 aromatic carbocycles. The minimum absolute atomic E-state index is 0.0197. The molecule has 1 aromatic rings. The Hall–Kier alpha value is -1.36. The summed E-state index contributed by atoms with van der Waals surface area (Å²) in [6.45, 7) is 6.07. The van der Waals surface area contributed by atoms with Gasteiger partial charge in [0.1, 0.15) is 0 Å². The highest BCUT2D eigenvalue weighted by Gasteiger charge is 2.29. The molecule has 0 bridgehead atoms. The summed E-state index contributed by atoms with van der Waals surface area (Å²) in [7, 11) is 0. The van der Waals surface area contributed by atoms with Crippen molar-refractivity contribution < 1.29 is 14.7 Å². The molecule has 0 saturated heterocycles. The summed E-state index contributed by atoms with van der Waals surface area (Å²) >= 11 is 1.57. The van der Waals surface area contributed by atoms with Crippen LogP contribution in [0.25, 0.3) is 0 Å². The average molecular weight is 295 g/mol.